The molecule has 0 radical (unpaired) electrons. The molecule has 2 aromatic heterocycles. The molecule has 2 heterocycles. The number of hydrogen-bond donors (Lipinski definition) is 3. The average molecular weight is 480 g/mol. The fourth-order valence-corrected chi connectivity index (χ4v) is 3.39. The first kappa shape index (κ1) is 24.6. The Bertz CT molecular complexity index is 1310. The summed E-state index contributed by atoms with van der Waals surface area (Å²) in [4.78, 5) is 27.9. The first-order valence-corrected chi connectivity index (χ1v) is 11.6. The summed E-state index contributed by atoms with van der Waals surface area (Å²) in [5.41, 5.74) is 4.65. The second-order valence-corrected chi connectivity index (χ2v) is 8.36. The maximum Gasteiger partial charge on any atom is 0.255 e. The molecule has 1 amide bonds. The normalized spacial score (nSPS) is 11.0. The number of pyridine rings is 1. The Morgan fingerprint density at radius 2 is 1.75 bits per heavy atom. The predicted molar refractivity (Wildman–Crippen MR) is 146 cm³/mol. The lowest BCUT2D eigenvalue weighted by atomic mass is 10.2. The number of carbonyl (C=O) groups excluding carboxylic acids is 1. The summed E-state index contributed by atoms with van der Waals surface area (Å²) in [7, 11) is 4.07. The first-order chi connectivity index (χ1) is 17.6. The summed E-state index contributed by atoms with van der Waals surface area (Å²) in [6, 6.07) is 20.5. The zero-order chi connectivity index (χ0) is 25.2. The van der Waals surface area contributed by atoms with Crippen LogP contribution in [0.5, 0.6) is 0 Å². The number of benzene rings is 2. The maximum atomic E-state index is 12.8. The minimum atomic E-state index is -0.181. The van der Waals surface area contributed by atoms with E-state index >= 15 is 0 Å². The molecule has 3 N–H and O–H groups in total. The summed E-state index contributed by atoms with van der Waals surface area (Å²) in [5.74, 6) is 0.277. The highest BCUT2D eigenvalue weighted by Crippen LogP contribution is 2.21. The quantitative estimate of drug-likeness (QED) is 0.274. The number of likely N-dealkylation sites (N-methyl/N-ethyl adjacent to an activating group) is 1. The number of nitrogens with one attached hydrogen (secondary N) is 3. The smallest absolute Gasteiger partial charge is 0.255 e. The Hall–Kier alpha value is -4.56. The second kappa shape index (κ2) is 12.2. The van der Waals surface area contributed by atoms with Crippen LogP contribution in [0.15, 0.2) is 97.5 Å². The van der Waals surface area contributed by atoms with Crippen LogP contribution in [0.3, 0.4) is 0 Å². The van der Waals surface area contributed by atoms with Crippen molar-refractivity contribution in [2.75, 3.05) is 43.1 Å². The van der Waals surface area contributed by atoms with Crippen molar-refractivity contribution in [3.05, 3.63) is 103 Å². The van der Waals surface area contributed by atoms with E-state index in [9.17, 15) is 4.79 Å². The standard InChI is InChI=1S/C28H29N7O/c1-35(2)18-4-3-16-30-23-12-10-21(11-13-23)27(36)32-24-8-5-9-25(19-24)33-28-31-17-14-26(34-28)22-7-6-15-29-20-22/h3-15,17,19-20,30H,16,18H2,1-2H3,(H,32,36)(H,31,33,34)/b4-3+. The van der Waals surface area contributed by atoms with E-state index in [1.54, 1.807) is 30.7 Å². The van der Waals surface area contributed by atoms with Crippen molar-refractivity contribution in [1.82, 2.24) is 19.9 Å². The van der Waals surface area contributed by atoms with Gasteiger partial charge in [0.2, 0.25) is 5.95 Å². The lowest BCUT2D eigenvalue weighted by Crippen LogP contribution is -2.12. The molecule has 0 aliphatic carbocycles. The largest absolute Gasteiger partial charge is 0.382 e. The number of anilines is 4. The van der Waals surface area contributed by atoms with Gasteiger partial charge in [0.05, 0.1) is 5.69 Å². The number of hydrogen-bond acceptors (Lipinski definition) is 7. The van der Waals surface area contributed by atoms with Crippen molar-refractivity contribution in [2.24, 2.45) is 0 Å². The summed E-state index contributed by atoms with van der Waals surface area (Å²) < 4.78 is 0. The van der Waals surface area contributed by atoms with Crippen LogP contribution < -0.4 is 16.0 Å². The monoisotopic (exact) mass is 479 g/mol. The molecule has 182 valence electrons. The lowest BCUT2D eigenvalue weighted by Gasteiger charge is -2.10. The topological polar surface area (TPSA) is 95.1 Å². The van der Waals surface area contributed by atoms with Crippen LogP contribution in [0, 0.1) is 0 Å². The fraction of sp³-hybridized carbons (Fsp3) is 0.143. The molecular formula is C28H29N7O. The molecule has 0 bridgehead atoms. The van der Waals surface area contributed by atoms with Crippen LogP contribution in [0.2, 0.25) is 0 Å². The maximum absolute atomic E-state index is 12.8. The third-order valence-corrected chi connectivity index (χ3v) is 5.20. The molecule has 0 unspecified atom stereocenters. The number of carbonyl (C=O) groups is 1. The lowest BCUT2D eigenvalue weighted by molar-refractivity contribution is 0.102. The van der Waals surface area contributed by atoms with Crippen LogP contribution in [0.4, 0.5) is 23.0 Å². The molecular weight excluding hydrogens is 450 g/mol. The Morgan fingerprint density at radius 1 is 0.917 bits per heavy atom. The van der Waals surface area contributed by atoms with E-state index in [2.05, 4.69) is 48.0 Å². The molecule has 8 heteroatoms. The first-order valence-electron chi connectivity index (χ1n) is 11.6. The van der Waals surface area contributed by atoms with Crippen LogP contribution in [0.25, 0.3) is 11.3 Å². The van der Waals surface area contributed by atoms with Crippen LogP contribution in [-0.2, 0) is 0 Å². The molecule has 0 aliphatic rings. The molecule has 0 spiro atoms. The van der Waals surface area contributed by atoms with E-state index in [4.69, 9.17) is 0 Å². The predicted octanol–water partition coefficient (Wildman–Crippen LogP) is 5.06. The molecule has 36 heavy (non-hydrogen) atoms. The van der Waals surface area contributed by atoms with Gasteiger partial charge in [0.15, 0.2) is 0 Å². The number of aromatic nitrogens is 3. The van der Waals surface area contributed by atoms with Crippen molar-refractivity contribution in [1.29, 1.82) is 0 Å². The van der Waals surface area contributed by atoms with Crippen molar-refractivity contribution in [3.8, 4) is 11.3 Å². The number of amides is 1. The zero-order valence-corrected chi connectivity index (χ0v) is 20.3. The van der Waals surface area contributed by atoms with Gasteiger partial charge in [-0.2, -0.15) is 0 Å². The molecule has 0 fully saturated rings. The number of nitrogens with zero attached hydrogens (tertiary/aromatic N) is 4. The van der Waals surface area contributed by atoms with Gasteiger partial charge in [0.1, 0.15) is 0 Å². The van der Waals surface area contributed by atoms with Gasteiger partial charge >= 0.3 is 0 Å². The molecule has 4 aromatic rings. The highest BCUT2D eigenvalue weighted by Gasteiger charge is 2.08. The van der Waals surface area contributed by atoms with Gasteiger partial charge in [0.25, 0.3) is 5.91 Å². The number of rotatable bonds is 10. The molecule has 4 rings (SSSR count). The molecule has 8 nitrogen and oxygen atoms in total. The molecule has 0 atom stereocenters. The van der Waals surface area contributed by atoms with Gasteiger partial charge in [-0.05, 0) is 74.8 Å². The molecule has 0 saturated carbocycles. The Labute approximate surface area is 211 Å². The second-order valence-electron chi connectivity index (χ2n) is 8.36. The Morgan fingerprint density at radius 3 is 2.53 bits per heavy atom. The van der Waals surface area contributed by atoms with Crippen molar-refractivity contribution < 1.29 is 4.79 Å². The SMILES string of the molecule is CN(C)C/C=C/CNc1ccc(C(=O)Nc2cccc(Nc3nccc(-c4cccnc4)n3)c2)cc1. The minimum absolute atomic E-state index is 0.181. The van der Waals surface area contributed by atoms with E-state index in [1.807, 2.05) is 68.7 Å². The molecule has 0 saturated heterocycles. The van der Waals surface area contributed by atoms with Crippen LogP contribution in [0.1, 0.15) is 10.4 Å². The van der Waals surface area contributed by atoms with E-state index in [0.29, 0.717) is 17.2 Å². The van der Waals surface area contributed by atoms with Gasteiger partial charge < -0.3 is 20.9 Å². The van der Waals surface area contributed by atoms with Crippen molar-refractivity contribution in [3.63, 3.8) is 0 Å². The van der Waals surface area contributed by atoms with Gasteiger partial charge in [-0.3, -0.25) is 9.78 Å². The van der Waals surface area contributed by atoms with Gasteiger partial charge in [-0.15, -0.1) is 0 Å². The average Bonchev–Trinajstić information content (AvgIpc) is 2.89. The highest BCUT2D eigenvalue weighted by atomic mass is 16.1. The van der Waals surface area contributed by atoms with E-state index in [-0.39, 0.29) is 5.91 Å². The van der Waals surface area contributed by atoms with Crippen LogP contribution >= 0.6 is 0 Å². The van der Waals surface area contributed by atoms with Gasteiger partial charge in [0, 0.05) is 59.9 Å². The molecule has 2 aromatic carbocycles. The van der Waals surface area contributed by atoms with Crippen molar-refractivity contribution >= 4 is 28.9 Å². The van der Waals surface area contributed by atoms with Gasteiger partial charge in [-0.25, -0.2) is 9.97 Å². The summed E-state index contributed by atoms with van der Waals surface area (Å²) in [5, 5.41) is 9.47. The third kappa shape index (κ3) is 7.22. The van der Waals surface area contributed by atoms with E-state index in [0.717, 1.165) is 35.7 Å². The molecule has 0 aliphatic heterocycles. The summed E-state index contributed by atoms with van der Waals surface area (Å²) >= 11 is 0. The fourth-order valence-electron chi connectivity index (χ4n) is 3.39. The van der Waals surface area contributed by atoms with E-state index in [1.165, 1.54) is 0 Å². The Balaban J connectivity index is 1.35. The summed E-state index contributed by atoms with van der Waals surface area (Å²) in [6.07, 6.45) is 9.38. The zero-order valence-electron chi connectivity index (χ0n) is 20.3. The van der Waals surface area contributed by atoms with Crippen molar-refractivity contribution in [2.45, 2.75) is 0 Å². The summed E-state index contributed by atoms with van der Waals surface area (Å²) in [6.45, 7) is 1.64. The Kier molecular flexibility index (Phi) is 8.35. The minimum Gasteiger partial charge on any atom is -0.382 e. The van der Waals surface area contributed by atoms with E-state index < -0.39 is 0 Å². The highest BCUT2D eigenvalue weighted by molar-refractivity contribution is 6.04. The van der Waals surface area contributed by atoms with Gasteiger partial charge in [-0.1, -0.05) is 18.2 Å². The third-order valence-electron chi connectivity index (χ3n) is 5.20. The van der Waals surface area contributed by atoms with Crippen LogP contribution in [-0.4, -0.2) is 52.9 Å².